The Morgan fingerprint density at radius 1 is 1.21 bits per heavy atom. The van der Waals surface area contributed by atoms with Crippen LogP contribution in [0.25, 0.3) is 0 Å². The molecule has 0 bridgehead atoms. The van der Waals surface area contributed by atoms with Crippen molar-refractivity contribution in [2.24, 2.45) is 0 Å². The summed E-state index contributed by atoms with van der Waals surface area (Å²) in [7, 11) is 0. The molecule has 0 saturated carbocycles. The molecular weight excluding hydrogens is 311 g/mol. The Hall–Kier alpha value is -3.20. The molecule has 1 amide bonds. The van der Waals surface area contributed by atoms with Gasteiger partial charge in [0.1, 0.15) is 12.4 Å². The van der Waals surface area contributed by atoms with Crippen LogP contribution < -0.4 is 4.90 Å². The molecule has 0 N–H and O–H groups in total. The molecule has 0 aliphatic carbocycles. The number of nitrogens with zero attached hydrogens (tertiary/aromatic N) is 2. The first-order valence-corrected chi connectivity index (χ1v) is 7.18. The largest absolute Gasteiger partial charge is 0.452 e. The molecule has 0 radical (unpaired) electrons. The Morgan fingerprint density at radius 2 is 1.92 bits per heavy atom. The number of hydrogen-bond donors (Lipinski definition) is 0. The number of amides is 1. The van der Waals surface area contributed by atoms with Crippen molar-refractivity contribution in [1.82, 2.24) is 0 Å². The molecule has 0 atom stereocenters. The molecule has 2 rings (SSSR count). The lowest BCUT2D eigenvalue weighted by Crippen LogP contribution is -2.35. The van der Waals surface area contributed by atoms with Gasteiger partial charge in [-0.25, -0.2) is 9.18 Å². The van der Waals surface area contributed by atoms with Crippen LogP contribution in [0.15, 0.2) is 48.5 Å². The van der Waals surface area contributed by atoms with Crippen LogP contribution in [0.5, 0.6) is 0 Å². The summed E-state index contributed by atoms with van der Waals surface area (Å²) in [4.78, 5) is 25.3. The van der Waals surface area contributed by atoms with E-state index in [-0.39, 0.29) is 12.1 Å². The van der Waals surface area contributed by atoms with E-state index in [1.54, 1.807) is 37.3 Å². The minimum absolute atomic E-state index is 0.0254. The maximum absolute atomic E-state index is 13.5. The van der Waals surface area contributed by atoms with E-state index in [4.69, 9.17) is 10.00 Å². The SMILES string of the molecule is Cc1ccc(C(=O)OCC(=O)N(CC#N)c2ccccc2)cc1F. The predicted molar refractivity (Wildman–Crippen MR) is 85.8 cm³/mol. The lowest BCUT2D eigenvalue weighted by atomic mass is 10.1. The molecule has 0 aromatic heterocycles. The molecule has 2 aromatic rings. The number of para-hydroxylation sites is 1. The molecule has 5 nitrogen and oxygen atoms in total. The summed E-state index contributed by atoms with van der Waals surface area (Å²) in [5.41, 5.74) is 0.964. The first-order chi connectivity index (χ1) is 11.5. The zero-order valence-electron chi connectivity index (χ0n) is 13.0. The van der Waals surface area contributed by atoms with Crippen LogP contribution >= 0.6 is 0 Å². The van der Waals surface area contributed by atoms with E-state index in [1.807, 2.05) is 6.07 Å². The number of carbonyl (C=O) groups is 2. The second-order valence-electron chi connectivity index (χ2n) is 5.01. The smallest absolute Gasteiger partial charge is 0.338 e. The van der Waals surface area contributed by atoms with Crippen molar-refractivity contribution in [3.63, 3.8) is 0 Å². The fourth-order valence-corrected chi connectivity index (χ4v) is 2.01. The molecule has 0 aliphatic rings. The molecule has 122 valence electrons. The Balaban J connectivity index is 2.04. The minimum Gasteiger partial charge on any atom is -0.452 e. The highest BCUT2D eigenvalue weighted by Gasteiger charge is 2.18. The number of anilines is 1. The van der Waals surface area contributed by atoms with Crippen LogP contribution in [-0.4, -0.2) is 25.0 Å². The lowest BCUT2D eigenvalue weighted by Gasteiger charge is -2.19. The van der Waals surface area contributed by atoms with Gasteiger partial charge < -0.3 is 4.74 Å². The molecule has 24 heavy (non-hydrogen) atoms. The van der Waals surface area contributed by atoms with E-state index in [0.717, 1.165) is 6.07 Å². The maximum atomic E-state index is 13.5. The maximum Gasteiger partial charge on any atom is 0.338 e. The third-order valence-corrected chi connectivity index (χ3v) is 3.33. The van der Waals surface area contributed by atoms with Crippen molar-refractivity contribution in [1.29, 1.82) is 5.26 Å². The van der Waals surface area contributed by atoms with Crippen molar-refractivity contribution in [2.45, 2.75) is 6.92 Å². The van der Waals surface area contributed by atoms with Gasteiger partial charge in [0.05, 0.1) is 11.6 Å². The average molecular weight is 326 g/mol. The summed E-state index contributed by atoms with van der Waals surface area (Å²) in [5, 5.41) is 8.87. The summed E-state index contributed by atoms with van der Waals surface area (Å²) >= 11 is 0. The number of esters is 1. The highest BCUT2D eigenvalue weighted by molar-refractivity contribution is 5.97. The Bertz CT molecular complexity index is 785. The number of carbonyl (C=O) groups excluding carboxylic acids is 2. The van der Waals surface area contributed by atoms with Crippen molar-refractivity contribution < 1.29 is 18.7 Å². The van der Waals surface area contributed by atoms with Crippen molar-refractivity contribution in [3.05, 3.63) is 65.5 Å². The Kier molecular flexibility index (Phi) is 5.63. The molecule has 0 unspecified atom stereocenters. The number of ether oxygens (including phenoxy) is 1. The van der Waals surface area contributed by atoms with Gasteiger partial charge in [0.15, 0.2) is 6.61 Å². The molecule has 0 fully saturated rings. The number of halogens is 1. The van der Waals surface area contributed by atoms with Crippen LogP contribution in [0.2, 0.25) is 0 Å². The van der Waals surface area contributed by atoms with Crippen molar-refractivity contribution in [2.75, 3.05) is 18.1 Å². The molecule has 0 saturated heterocycles. The second-order valence-corrected chi connectivity index (χ2v) is 5.01. The van der Waals surface area contributed by atoms with Crippen LogP contribution in [0.3, 0.4) is 0 Å². The highest BCUT2D eigenvalue weighted by Crippen LogP contribution is 2.14. The molecular formula is C18H15FN2O3. The van der Waals surface area contributed by atoms with Gasteiger partial charge in [0.2, 0.25) is 0 Å². The summed E-state index contributed by atoms with van der Waals surface area (Å²) in [5.74, 6) is -1.86. The first kappa shape index (κ1) is 17.2. The normalized spacial score (nSPS) is 9.88. The second kappa shape index (κ2) is 7.88. The molecule has 2 aromatic carbocycles. The van der Waals surface area contributed by atoms with Gasteiger partial charge in [-0.15, -0.1) is 0 Å². The van der Waals surface area contributed by atoms with Gasteiger partial charge in [-0.05, 0) is 36.8 Å². The van der Waals surface area contributed by atoms with E-state index in [2.05, 4.69) is 0 Å². The van der Waals surface area contributed by atoms with E-state index in [1.165, 1.54) is 17.0 Å². The number of benzene rings is 2. The molecule has 0 spiro atoms. The van der Waals surface area contributed by atoms with E-state index in [9.17, 15) is 14.0 Å². The van der Waals surface area contributed by atoms with Crippen molar-refractivity contribution >= 4 is 17.6 Å². The molecule has 6 heteroatoms. The minimum atomic E-state index is -0.799. The fraction of sp³-hybridized carbons (Fsp3) is 0.167. The third-order valence-electron chi connectivity index (χ3n) is 3.33. The monoisotopic (exact) mass is 326 g/mol. The lowest BCUT2D eigenvalue weighted by molar-refractivity contribution is -0.121. The van der Waals surface area contributed by atoms with Gasteiger partial charge in [0, 0.05) is 5.69 Å². The predicted octanol–water partition coefficient (Wildman–Crippen LogP) is 2.85. The Morgan fingerprint density at radius 3 is 2.54 bits per heavy atom. The Labute approximate surface area is 138 Å². The van der Waals surface area contributed by atoms with E-state index < -0.39 is 24.3 Å². The van der Waals surface area contributed by atoms with Crippen LogP contribution in [-0.2, 0) is 9.53 Å². The number of nitriles is 1. The zero-order valence-corrected chi connectivity index (χ0v) is 13.0. The summed E-state index contributed by atoms with van der Waals surface area (Å²) in [6.07, 6.45) is 0. The van der Waals surface area contributed by atoms with Gasteiger partial charge in [0.25, 0.3) is 5.91 Å². The van der Waals surface area contributed by atoms with Gasteiger partial charge in [-0.1, -0.05) is 24.3 Å². The van der Waals surface area contributed by atoms with E-state index >= 15 is 0 Å². The summed E-state index contributed by atoms with van der Waals surface area (Å²) in [6, 6.07) is 14.4. The molecule has 0 heterocycles. The number of aryl methyl sites for hydroxylation is 1. The van der Waals surface area contributed by atoms with Crippen LogP contribution in [0.4, 0.5) is 10.1 Å². The standard InChI is InChI=1S/C18H15FN2O3/c1-13-7-8-14(11-16(13)19)18(23)24-12-17(22)21(10-9-20)15-5-3-2-4-6-15/h2-8,11H,10,12H2,1H3. The first-order valence-electron chi connectivity index (χ1n) is 7.18. The summed E-state index contributed by atoms with van der Waals surface area (Å²) in [6.45, 7) is 0.873. The van der Waals surface area contributed by atoms with Gasteiger partial charge >= 0.3 is 5.97 Å². The topological polar surface area (TPSA) is 70.4 Å². The third kappa shape index (κ3) is 4.17. The highest BCUT2D eigenvalue weighted by atomic mass is 19.1. The van der Waals surface area contributed by atoms with Crippen molar-refractivity contribution in [3.8, 4) is 6.07 Å². The summed E-state index contributed by atoms with van der Waals surface area (Å²) < 4.78 is 18.4. The van der Waals surface area contributed by atoms with Crippen LogP contribution in [0, 0.1) is 24.1 Å². The average Bonchev–Trinajstić information content (AvgIpc) is 2.60. The van der Waals surface area contributed by atoms with Crippen LogP contribution in [0.1, 0.15) is 15.9 Å². The quantitative estimate of drug-likeness (QED) is 0.626. The van der Waals surface area contributed by atoms with Gasteiger partial charge in [-0.3, -0.25) is 9.69 Å². The number of rotatable bonds is 5. The van der Waals surface area contributed by atoms with E-state index in [0.29, 0.717) is 11.3 Å². The van der Waals surface area contributed by atoms with Gasteiger partial charge in [-0.2, -0.15) is 5.26 Å². The molecule has 0 aliphatic heterocycles. The zero-order chi connectivity index (χ0) is 17.5. The fourth-order valence-electron chi connectivity index (χ4n) is 2.01. The number of hydrogen-bond acceptors (Lipinski definition) is 4.